The minimum atomic E-state index is -1.92. The number of fused-ring (bicyclic) bond motifs is 3. The Kier molecular flexibility index (Phi) is 10.1. The number of ketones is 1. The molecule has 3 aromatic carbocycles. The number of ether oxygens (including phenoxy) is 4. The van der Waals surface area contributed by atoms with Gasteiger partial charge < -0.3 is 29.8 Å². The summed E-state index contributed by atoms with van der Waals surface area (Å²) in [6.07, 6.45) is -1.76. The van der Waals surface area contributed by atoms with Crippen LogP contribution >= 0.6 is 0 Å². The first kappa shape index (κ1) is 33.0. The summed E-state index contributed by atoms with van der Waals surface area (Å²) in [6.45, 7) is 4.38. The van der Waals surface area contributed by atoms with E-state index in [1.807, 2.05) is 48.5 Å². The Labute approximate surface area is 261 Å². The van der Waals surface area contributed by atoms with E-state index in [2.05, 4.69) is 0 Å². The van der Waals surface area contributed by atoms with E-state index in [-0.39, 0.29) is 19.1 Å². The van der Waals surface area contributed by atoms with E-state index in [9.17, 15) is 24.3 Å². The summed E-state index contributed by atoms with van der Waals surface area (Å²) in [5.41, 5.74) is 9.33. The van der Waals surface area contributed by atoms with E-state index < -0.39 is 47.9 Å². The van der Waals surface area contributed by atoms with Crippen LogP contribution in [0.4, 0.5) is 4.79 Å². The Morgan fingerprint density at radius 1 is 0.911 bits per heavy atom. The molecule has 1 unspecified atom stereocenters. The average Bonchev–Trinajstić information content (AvgIpc) is 3.31. The molecular weight excluding hydrogens is 580 g/mol. The number of benzene rings is 3. The van der Waals surface area contributed by atoms with Crippen molar-refractivity contribution in [3.05, 3.63) is 83.4 Å². The quantitative estimate of drug-likeness (QED) is 0.218. The van der Waals surface area contributed by atoms with Crippen LogP contribution < -0.4 is 15.2 Å². The second kappa shape index (κ2) is 13.8. The normalized spacial score (nSPS) is 13.6. The van der Waals surface area contributed by atoms with E-state index in [0.29, 0.717) is 17.1 Å². The van der Waals surface area contributed by atoms with Crippen LogP contribution in [0.5, 0.6) is 11.5 Å². The number of esters is 1. The van der Waals surface area contributed by atoms with E-state index in [1.54, 1.807) is 39.0 Å². The molecule has 1 aliphatic rings. The smallest absolute Gasteiger partial charge is 0.411 e. The van der Waals surface area contributed by atoms with E-state index in [1.165, 1.54) is 14.2 Å². The van der Waals surface area contributed by atoms with Crippen molar-refractivity contribution in [2.45, 2.75) is 57.3 Å². The molecule has 45 heavy (non-hydrogen) atoms. The van der Waals surface area contributed by atoms with Crippen LogP contribution in [0.25, 0.3) is 11.1 Å². The van der Waals surface area contributed by atoms with E-state index >= 15 is 0 Å². The Morgan fingerprint density at radius 3 is 2.04 bits per heavy atom. The summed E-state index contributed by atoms with van der Waals surface area (Å²) in [5.74, 6) is -2.93. The number of Topliss-reactive ketones (excluding diaryl/α,β-unsaturated/α-hetero) is 1. The van der Waals surface area contributed by atoms with Crippen molar-refractivity contribution in [3.63, 3.8) is 0 Å². The SMILES string of the molecule is COc1ccc(CN(C(=O)OCC2c3ccccc3-c3ccccc32)C(C(=O)OC(C)(C)C)C(=O)[C@@H](N)CC(=O)O)c(OC)c1. The highest BCUT2D eigenvalue weighted by Gasteiger charge is 2.43. The van der Waals surface area contributed by atoms with Crippen molar-refractivity contribution in [2.75, 3.05) is 20.8 Å². The second-order valence-corrected chi connectivity index (χ2v) is 11.7. The first-order valence-corrected chi connectivity index (χ1v) is 14.4. The first-order valence-electron chi connectivity index (χ1n) is 14.4. The van der Waals surface area contributed by atoms with Gasteiger partial charge in [0, 0.05) is 17.5 Å². The molecule has 11 heteroatoms. The summed E-state index contributed by atoms with van der Waals surface area (Å²) < 4.78 is 22.2. The molecule has 0 spiro atoms. The van der Waals surface area contributed by atoms with Gasteiger partial charge in [0.2, 0.25) is 0 Å². The van der Waals surface area contributed by atoms with Crippen LogP contribution in [0, 0.1) is 0 Å². The molecule has 0 radical (unpaired) electrons. The zero-order valence-electron chi connectivity index (χ0n) is 25.9. The molecule has 1 aliphatic carbocycles. The largest absolute Gasteiger partial charge is 0.497 e. The van der Waals surface area contributed by atoms with Gasteiger partial charge in [-0.25, -0.2) is 9.59 Å². The number of amides is 1. The maximum atomic E-state index is 14.0. The van der Waals surface area contributed by atoms with Crippen molar-refractivity contribution < 1.29 is 43.2 Å². The fourth-order valence-corrected chi connectivity index (χ4v) is 5.35. The van der Waals surface area contributed by atoms with Crippen molar-refractivity contribution >= 4 is 23.8 Å². The minimum absolute atomic E-state index is 0.0977. The predicted molar refractivity (Wildman–Crippen MR) is 165 cm³/mol. The van der Waals surface area contributed by atoms with Gasteiger partial charge >= 0.3 is 18.0 Å². The number of carboxylic acid groups (broad SMARTS) is 1. The molecule has 11 nitrogen and oxygen atoms in total. The van der Waals surface area contributed by atoms with Gasteiger partial charge in [-0.2, -0.15) is 0 Å². The molecule has 0 saturated carbocycles. The highest BCUT2D eigenvalue weighted by atomic mass is 16.6. The zero-order chi connectivity index (χ0) is 32.9. The number of carboxylic acids is 1. The lowest BCUT2D eigenvalue weighted by Crippen LogP contribution is -2.56. The number of carbonyl (C=O) groups excluding carboxylic acids is 3. The number of nitrogens with zero attached hydrogens (tertiary/aromatic N) is 1. The van der Waals surface area contributed by atoms with Gasteiger partial charge in [-0.05, 0) is 55.2 Å². The summed E-state index contributed by atoms with van der Waals surface area (Å²) in [5, 5.41) is 9.32. The van der Waals surface area contributed by atoms with Crippen molar-refractivity contribution in [1.29, 1.82) is 0 Å². The summed E-state index contributed by atoms with van der Waals surface area (Å²) >= 11 is 0. The highest BCUT2D eigenvalue weighted by molar-refractivity contribution is 6.08. The van der Waals surface area contributed by atoms with E-state index in [0.717, 1.165) is 27.2 Å². The van der Waals surface area contributed by atoms with Gasteiger partial charge in [-0.1, -0.05) is 48.5 Å². The highest BCUT2D eigenvalue weighted by Crippen LogP contribution is 2.44. The lowest BCUT2D eigenvalue weighted by Gasteiger charge is -2.32. The molecule has 4 rings (SSSR count). The monoisotopic (exact) mass is 618 g/mol. The maximum Gasteiger partial charge on any atom is 0.411 e. The lowest BCUT2D eigenvalue weighted by atomic mass is 9.98. The van der Waals surface area contributed by atoms with Gasteiger partial charge in [-0.15, -0.1) is 0 Å². The van der Waals surface area contributed by atoms with Crippen LogP contribution in [0.15, 0.2) is 66.7 Å². The molecule has 0 aromatic heterocycles. The van der Waals surface area contributed by atoms with Gasteiger partial charge in [0.1, 0.15) is 23.7 Å². The van der Waals surface area contributed by atoms with E-state index in [4.69, 9.17) is 24.7 Å². The molecule has 0 heterocycles. The number of aliphatic carboxylic acids is 1. The van der Waals surface area contributed by atoms with Crippen LogP contribution in [-0.2, 0) is 30.4 Å². The van der Waals surface area contributed by atoms with Gasteiger partial charge in [0.25, 0.3) is 0 Å². The Hall–Kier alpha value is -4.90. The summed E-state index contributed by atoms with van der Waals surface area (Å²) in [7, 11) is 2.91. The second-order valence-electron chi connectivity index (χ2n) is 11.7. The minimum Gasteiger partial charge on any atom is -0.497 e. The molecule has 0 bridgehead atoms. The molecule has 0 saturated heterocycles. The first-order chi connectivity index (χ1) is 21.3. The number of nitrogens with two attached hydrogens (primary N) is 1. The number of carbonyl (C=O) groups is 4. The zero-order valence-corrected chi connectivity index (χ0v) is 25.9. The number of rotatable bonds is 12. The topological polar surface area (TPSA) is 155 Å². The third-order valence-corrected chi connectivity index (χ3v) is 7.38. The number of hydrogen-bond donors (Lipinski definition) is 2. The molecule has 0 aliphatic heterocycles. The van der Waals surface area contributed by atoms with Crippen molar-refractivity contribution in [1.82, 2.24) is 4.90 Å². The Balaban J connectivity index is 1.74. The lowest BCUT2D eigenvalue weighted by molar-refractivity contribution is -0.164. The molecule has 3 aromatic rings. The van der Waals surface area contributed by atoms with Crippen molar-refractivity contribution in [2.24, 2.45) is 5.73 Å². The number of methoxy groups -OCH3 is 2. The van der Waals surface area contributed by atoms with Crippen LogP contribution in [-0.4, -0.2) is 72.3 Å². The standard InChI is InChI=1S/C34H38N2O9/c1-34(2,3)45-32(40)30(31(39)27(35)17-29(37)38)36(18-20-14-15-21(42-4)16-28(20)43-5)33(41)44-19-26-24-12-8-6-10-22(24)23-11-7-9-13-25(23)26/h6-16,26-27,30H,17-19,35H2,1-5H3,(H,37,38)/t27-,30?/m0/s1. The average molecular weight is 619 g/mol. The van der Waals surface area contributed by atoms with Crippen LogP contribution in [0.2, 0.25) is 0 Å². The third-order valence-electron chi connectivity index (χ3n) is 7.38. The van der Waals surface area contributed by atoms with Gasteiger partial charge in [0.05, 0.1) is 33.2 Å². The van der Waals surface area contributed by atoms with Gasteiger partial charge in [-0.3, -0.25) is 14.5 Å². The Morgan fingerprint density at radius 2 is 1.51 bits per heavy atom. The molecule has 2 atom stereocenters. The fourth-order valence-electron chi connectivity index (χ4n) is 5.35. The van der Waals surface area contributed by atoms with Crippen LogP contribution in [0.1, 0.15) is 49.8 Å². The van der Waals surface area contributed by atoms with Gasteiger partial charge in [0.15, 0.2) is 11.8 Å². The molecule has 3 N–H and O–H groups in total. The van der Waals surface area contributed by atoms with Crippen LogP contribution in [0.3, 0.4) is 0 Å². The molecule has 0 fully saturated rings. The maximum absolute atomic E-state index is 14.0. The third kappa shape index (κ3) is 7.61. The molecular formula is C34H38N2O9. The summed E-state index contributed by atoms with van der Waals surface area (Å²) in [4.78, 5) is 53.7. The fraction of sp³-hybridized carbons (Fsp3) is 0.353. The number of hydrogen-bond acceptors (Lipinski definition) is 9. The summed E-state index contributed by atoms with van der Waals surface area (Å²) in [6, 6.07) is 16.9. The Bertz CT molecular complexity index is 1530. The van der Waals surface area contributed by atoms with Crippen molar-refractivity contribution in [3.8, 4) is 22.6 Å². The predicted octanol–water partition coefficient (Wildman–Crippen LogP) is 4.54. The molecule has 1 amide bonds. The molecule has 238 valence electrons.